The minimum Gasteiger partial charge on any atom is -0.488 e. The monoisotopic (exact) mass is 411 g/mol. The fraction of sp³-hybridized carbons (Fsp3) is 0.0769. The van der Waals surface area contributed by atoms with Crippen LogP contribution >= 0.6 is 0 Å². The molecule has 154 valence electrons. The first kappa shape index (κ1) is 20.2. The lowest BCUT2D eigenvalue weighted by molar-refractivity contribution is -0.131. The average molecular weight is 411 g/mol. The minimum absolute atomic E-state index is 0.337. The fourth-order valence-corrected chi connectivity index (χ4v) is 3.14. The lowest BCUT2D eigenvalue weighted by Crippen LogP contribution is -2.00. The van der Waals surface area contributed by atoms with Gasteiger partial charge in [-0.15, -0.1) is 0 Å². The number of rotatable bonds is 8. The molecule has 0 spiro atoms. The highest BCUT2D eigenvalue weighted by molar-refractivity contribution is 5.85. The van der Waals surface area contributed by atoms with Gasteiger partial charge in [0.15, 0.2) is 0 Å². The Labute approximate surface area is 180 Å². The van der Waals surface area contributed by atoms with Gasteiger partial charge >= 0.3 is 5.97 Å². The molecule has 0 unspecified atom stereocenters. The van der Waals surface area contributed by atoms with E-state index < -0.39 is 5.97 Å². The smallest absolute Gasteiger partial charge is 0.328 e. The van der Waals surface area contributed by atoms with Crippen LogP contribution in [0, 0.1) is 0 Å². The number of fused-ring (bicyclic) bond motifs is 1. The quantitative estimate of drug-likeness (QED) is 0.388. The summed E-state index contributed by atoms with van der Waals surface area (Å²) < 4.78 is 11.8. The van der Waals surface area contributed by atoms with Gasteiger partial charge in [0.2, 0.25) is 0 Å². The van der Waals surface area contributed by atoms with Crippen LogP contribution in [0.25, 0.3) is 17.0 Å². The molecule has 0 atom stereocenters. The minimum atomic E-state index is -0.999. The Morgan fingerprint density at radius 1 is 0.871 bits per heavy atom. The maximum absolute atomic E-state index is 10.8. The van der Waals surface area contributed by atoms with Gasteiger partial charge in [-0.05, 0) is 42.0 Å². The standard InChI is InChI=1S/C26H21NO4/c28-26(29)15-13-21-8-2-4-11-25(21)31-17-19-6-5-9-23(16-19)30-18-22-14-12-20-7-1-3-10-24(20)27-22/h1-16H,17-18H2,(H,28,29)/b15-13+. The molecule has 0 radical (unpaired) electrons. The molecular weight excluding hydrogens is 390 g/mol. The van der Waals surface area contributed by atoms with Crippen molar-refractivity contribution in [2.24, 2.45) is 0 Å². The molecule has 3 aromatic carbocycles. The first-order valence-electron chi connectivity index (χ1n) is 9.87. The molecule has 0 saturated carbocycles. The highest BCUT2D eigenvalue weighted by Crippen LogP contribution is 2.22. The van der Waals surface area contributed by atoms with Gasteiger partial charge in [-0.25, -0.2) is 9.78 Å². The molecule has 0 bridgehead atoms. The number of carboxylic acids is 1. The predicted octanol–water partition coefficient (Wildman–Crippen LogP) is 5.49. The van der Waals surface area contributed by atoms with Gasteiger partial charge in [0.05, 0.1) is 11.2 Å². The second-order valence-corrected chi connectivity index (χ2v) is 6.93. The van der Waals surface area contributed by atoms with Crippen molar-refractivity contribution in [3.63, 3.8) is 0 Å². The van der Waals surface area contributed by atoms with Crippen LogP contribution in [-0.4, -0.2) is 16.1 Å². The van der Waals surface area contributed by atoms with E-state index in [1.54, 1.807) is 0 Å². The summed E-state index contributed by atoms with van der Waals surface area (Å²) in [5.74, 6) is 0.349. The number of aromatic nitrogens is 1. The average Bonchev–Trinajstić information content (AvgIpc) is 2.80. The van der Waals surface area contributed by atoms with Crippen LogP contribution in [0.4, 0.5) is 0 Å². The summed E-state index contributed by atoms with van der Waals surface area (Å²) in [5, 5.41) is 9.94. The molecule has 0 aliphatic heterocycles. The number of ether oxygens (including phenoxy) is 2. The maximum Gasteiger partial charge on any atom is 0.328 e. The summed E-state index contributed by atoms with van der Waals surface area (Å²) in [5.41, 5.74) is 3.46. The number of pyridine rings is 1. The highest BCUT2D eigenvalue weighted by atomic mass is 16.5. The van der Waals surface area contributed by atoms with E-state index in [9.17, 15) is 4.79 Å². The van der Waals surface area contributed by atoms with Crippen LogP contribution in [0.5, 0.6) is 11.5 Å². The molecule has 0 saturated heterocycles. The zero-order valence-corrected chi connectivity index (χ0v) is 16.8. The molecule has 5 heteroatoms. The van der Waals surface area contributed by atoms with Gasteiger partial charge in [0.25, 0.3) is 0 Å². The van der Waals surface area contributed by atoms with Crippen molar-refractivity contribution in [3.8, 4) is 11.5 Å². The Balaban J connectivity index is 1.40. The number of benzene rings is 3. The summed E-state index contributed by atoms with van der Waals surface area (Å²) in [6.07, 6.45) is 2.62. The van der Waals surface area contributed by atoms with Gasteiger partial charge < -0.3 is 14.6 Å². The van der Waals surface area contributed by atoms with Gasteiger partial charge in [0, 0.05) is 17.0 Å². The number of carbonyl (C=O) groups is 1. The maximum atomic E-state index is 10.8. The van der Waals surface area contributed by atoms with E-state index in [0.717, 1.165) is 34.0 Å². The van der Waals surface area contributed by atoms with Crippen LogP contribution in [0.2, 0.25) is 0 Å². The highest BCUT2D eigenvalue weighted by Gasteiger charge is 2.04. The zero-order valence-electron chi connectivity index (χ0n) is 16.8. The first-order valence-corrected chi connectivity index (χ1v) is 9.87. The van der Waals surface area contributed by atoms with Crippen LogP contribution in [0.3, 0.4) is 0 Å². The number of hydrogen-bond acceptors (Lipinski definition) is 4. The Morgan fingerprint density at radius 3 is 2.61 bits per heavy atom. The molecule has 0 amide bonds. The van der Waals surface area contributed by atoms with E-state index >= 15 is 0 Å². The molecular formula is C26H21NO4. The SMILES string of the molecule is O=C(O)/C=C/c1ccccc1OCc1cccc(OCc2ccc3ccccc3n2)c1. The third-order valence-corrected chi connectivity index (χ3v) is 4.66. The molecule has 4 aromatic rings. The summed E-state index contributed by atoms with van der Waals surface area (Å²) in [4.78, 5) is 15.4. The Morgan fingerprint density at radius 2 is 1.71 bits per heavy atom. The van der Waals surface area contributed by atoms with Crippen LogP contribution in [0.1, 0.15) is 16.8 Å². The third kappa shape index (κ3) is 5.48. The topological polar surface area (TPSA) is 68.7 Å². The Bertz CT molecular complexity index is 1230. The molecule has 0 fully saturated rings. The summed E-state index contributed by atoms with van der Waals surface area (Å²) in [7, 11) is 0. The number of carboxylic acid groups (broad SMARTS) is 1. The van der Waals surface area contributed by atoms with Crippen LogP contribution in [0.15, 0.2) is 91.0 Å². The molecule has 5 nitrogen and oxygen atoms in total. The second kappa shape index (κ2) is 9.59. The van der Waals surface area contributed by atoms with Crippen LogP contribution in [-0.2, 0) is 18.0 Å². The number of nitrogens with zero attached hydrogens (tertiary/aromatic N) is 1. The van der Waals surface area contributed by atoms with E-state index in [4.69, 9.17) is 14.6 Å². The summed E-state index contributed by atoms with van der Waals surface area (Å²) in [6, 6.07) is 27.0. The first-order chi connectivity index (χ1) is 15.2. The number of hydrogen-bond donors (Lipinski definition) is 1. The molecule has 1 heterocycles. The van der Waals surface area contributed by atoms with E-state index in [-0.39, 0.29) is 0 Å². The van der Waals surface area contributed by atoms with Crippen molar-refractivity contribution >= 4 is 22.9 Å². The summed E-state index contributed by atoms with van der Waals surface area (Å²) in [6.45, 7) is 0.710. The molecule has 31 heavy (non-hydrogen) atoms. The fourth-order valence-electron chi connectivity index (χ4n) is 3.14. The molecule has 0 aliphatic rings. The van der Waals surface area contributed by atoms with Gasteiger partial charge in [-0.1, -0.05) is 54.6 Å². The van der Waals surface area contributed by atoms with Crippen LogP contribution < -0.4 is 9.47 Å². The van der Waals surface area contributed by atoms with Gasteiger partial charge in [0.1, 0.15) is 24.7 Å². The summed E-state index contributed by atoms with van der Waals surface area (Å²) >= 11 is 0. The zero-order chi connectivity index (χ0) is 21.5. The van der Waals surface area contributed by atoms with Crippen molar-refractivity contribution in [2.45, 2.75) is 13.2 Å². The lowest BCUT2D eigenvalue weighted by atomic mass is 10.2. The van der Waals surface area contributed by atoms with E-state index in [0.29, 0.717) is 24.5 Å². The van der Waals surface area contributed by atoms with Crippen molar-refractivity contribution in [2.75, 3.05) is 0 Å². The number of aliphatic carboxylic acids is 1. The number of para-hydroxylation sites is 2. The lowest BCUT2D eigenvalue weighted by Gasteiger charge is -2.11. The Hall–Kier alpha value is -4.12. The molecule has 0 aliphatic carbocycles. The molecule has 4 rings (SSSR count). The van der Waals surface area contributed by atoms with Crippen molar-refractivity contribution in [1.82, 2.24) is 4.98 Å². The molecule has 1 aromatic heterocycles. The van der Waals surface area contributed by atoms with Crippen molar-refractivity contribution in [1.29, 1.82) is 0 Å². The predicted molar refractivity (Wildman–Crippen MR) is 120 cm³/mol. The van der Waals surface area contributed by atoms with Gasteiger partial charge in [-0.2, -0.15) is 0 Å². The van der Waals surface area contributed by atoms with E-state index in [1.807, 2.05) is 84.9 Å². The van der Waals surface area contributed by atoms with Crippen molar-refractivity contribution < 1.29 is 19.4 Å². The third-order valence-electron chi connectivity index (χ3n) is 4.66. The van der Waals surface area contributed by atoms with Gasteiger partial charge in [-0.3, -0.25) is 0 Å². The Kier molecular flexibility index (Phi) is 6.24. The largest absolute Gasteiger partial charge is 0.488 e. The second-order valence-electron chi connectivity index (χ2n) is 6.93. The van der Waals surface area contributed by atoms with E-state index in [1.165, 1.54) is 6.08 Å². The van der Waals surface area contributed by atoms with E-state index in [2.05, 4.69) is 4.98 Å². The van der Waals surface area contributed by atoms with Crippen molar-refractivity contribution in [3.05, 3.63) is 108 Å². The normalized spacial score (nSPS) is 11.0. The molecule has 1 N–H and O–H groups in total.